The highest BCUT2D eigenvalue weighted by Gasteiger charge is 2.32. The largest absolute Gasteiger partial charge is 0.573 e. The fourth-order valence-corrected chi connectivity index (χ4v) is 1.78. The zero-order chi connectivity index (χ0) is 19.4. The van der Waals surface area contributed by atoms with Gasteiger partial charge in [0.15, 0.2) is 5.75 Å². The number of halogens is 3. The van der Waals surface area contributed by atoms with Gasteiger partial charge in [0.05, 0.1) is 5.69 Å². The van der Waals surface area contributed by atoms with Crippen LogP contribution in [0, 0.1) is 0 Å². The van der Waals surface area contributed by atoms with Crippen molar-refractivity contribution in [1.29, 1.82) is 0 Å². The Hall–Kier alpha value is -2.20. The quantitative estimate of drug-likeness (QED) is 0.594. The third-order valence-corrected chi connectivity index (χ3v) is 2.82. The van der Waals surface area contributed by atoms with Gasteiger partial charge in [-0.3, -0.25) is 0 Å². The van der Waals surface area contributed by atoms with Crippen LogP contribution in [0.5, 0.6) is 5.75 Å². The van der Waals surface area contributed by atoms with Crippen LogP contribution in [0.4, 0.5) is 23.7 Å². The number of aliphatic hydroxyl groups is 2. The van der Waals surface area contributed by atoms with Crippen molar-refractivity contribution in [2.75, 3.05) is 12.3 Å². The number of aliphatic hydroxyl groups excluding tert-OH is 2. The molecule has 5 N–H and O–H groups in total. The highest BCUT2D eigenvalue weighted by Crippen LogP contribution is 2.31. The van der Waals surface area contributed by atoms with Gasteiger partial charge in [0.2, 0.25) is 0 Å². The lowest BCUT2D eigenvalue weighted by atomic mass is 10.0. The monoisotopic (exact) mass is 366 g/mol. The van der Waals surface area contributed by atoms with Gasteiger partial charge in [-0.05, 0) is 38.5 Å². The molecule has 25 heavy (non-hydrogen) atoms. The van der Waals surface area contributed by atoms with Crippen LogP contribution in [0.1, 0.15) is 32.4 Å². The number of carbonyl (C=O) groups is 1. The Morgan fingerprint density at radius 3 is 2.40 bits per heavy atom. The number of ether oxygens (including phenoxy) is 2. The van der Waals surface area contributed by atoms with Gasteiger partial charge in [0.25, 0.3) is 0 Å². The van der Waals surface area contributed by atoms with Crippen LogP contribution < -0.4 is 15.8 Å². The van der Waals surface area contributed by atoms with E-state index in [0.717, 1.165) is 12.1 Å². The number of benzene rings is 1. The lowest BCUT2D eigenvalue weighted by molar-refractivity contribution is -0.274. The van der Waals surface area contributed by atoms with Gasteiger partial charge >= 0.3 is 12.5 Å². The first-order valence-electron chi connectivity index (χ1n) is 7.26. The predicted octanol–water partition coefficient (Wildman–Crippen LogP) is 2.09. The Labute approximate surface area is 142 Å². The van der Waals surface area contributed by atoms with Crippen LogP contribution in [0.3, 0.4) is 0 Å². The number of carbonyl (C=O) groups excluding carboxylic acids is 1. The Kier molecular flexibility index (Phi) is 6.49. The van der Waals surface area contributed by atoms with Crippen LogP contribution in [-0.4, -0.2) is 40.9 Å². The Balaban J connectivity index is 2.74. The van der Waals surface area contributed by atoms with E-state index in [0.29, 0.717) is 0 Å². The molecule has 0 saturated carbocycles. The molecular formula is C15H21F3N2O5. The number of alkyl halides is 3. The number of nitrogens with two attached hydrogens (primary N) is 1. The summed E-state index contributed by atoms with van der Waals surface area (Å²) in [5, 5.41) is 22.2. The highest BCUT2D eigenvalue weighted by atomic mass is 19.4. The van der Waals surface area contributed by atoms with Crippen LogP contribution in [0.2, 0.25) is 0 Å². The lowest BCUT2D eigenvalue weighted by Gasteiger charge is -2.22. The zero-order valence-electron chi connectivity index (χ0n) is 13.9. The average molecular weight is 366 g/mol. The van der Waals surface area contributed by atoms with E-state index < -0.39 is 36.0 Å². The smallest absolute Gasteiger partial charge is 0.444 e. The maximum atomic E-state index is 12.3. The van der Waals surface area contributed by atoms with Crippen LogP contribution >= 0.6 is 0 Å². The van der Waals surface area contributed by atoms with E-state index in [9.17, 15) is 28.2 Å². The number of hydrogen-bond acceptors (Lipinski definition) is 6. The van der Waals surface area contributed by atoms with Gasteiger partial charge < -0.3 is 30.7 Å². The molecule has 0 aliphatic carbocycles. The molecule has 1 aromatic rings. The summed E-state index contributed by atoms with van der Waals surface area (Å²) in [5.41, 5.74) is 4.30. The van der Waals surface area contributed by atoms with Gasteiger partial charge in [-0.1, -0.05) is 6.07 Å². The lowest BCUT2D eigenvalue weighted by Crippen LogP contribution is -2.38. The topological polar surface area (TPSA) is 114 Å². The van der Waals surface area contributed by atoms with Crippen molar-refractivity contribution in [3.63, 3.8) is 0 Å². The van der Waals surface area contributed by atoms with E-state index in [4.69, 9.17) is 10.5 Å². The van der Waals surface area contributed by atoms with Crippen molar-refractivity contribution < 1.29 is 37.7 Å². The van der Waals surface area contributed by atoms with E-state index in [2.05, 4.69) is 10.1 Å². The molecule has 10 heteroatoms. The van der Waals surface area contributed by atoms with Crippen LogP contribution in [0.25, 0.3) is 0 Å². The normalized spacial score (nSPS) is 14.6. The third kappa shape index (κ3) is 7.48. The minimum absolute atomic E-state index is 0.0630. The SMILES string of the molecule is CC(C)(C)OC(=O)NCC(O)C(O)c1ccc(N)c(OC(F)(F)F)c1. The van der Waals surface area contributed by atoms with Gasteiger partial charge in [0.1, 0.15) is 17.8 Å². The summed E-state index contributed by atoms with van der Waals surface area (Å²) in [4.78, 5) is 11.5. The van der Waals surface area contributed by atoms with Gasteiger partial charge in [-0.2, -0.15) is 0 Å². The van der Waals surface area contributed by atoms with Crippen LogP contribution in [0.15, 0.2) is 18.2 Å². The molecule has 1 rings (SSSR count). The Bertz CT molecular complexity index is 602. The van der Waals surface area contributed by atoms with Crippen molar-refractivity contribution in [3.05, 3.63) is 23.8 Å². The van der Waals surface area contributed by atoms with Crippen molar-refractivity contribution >= 4 is 11.8 Å². The first kappa shape index (κ1) is 20.8. The molecule has 0 heterocycles. The van der Waals surface area contributed by atoms with E-state index in [1.54, 1.807) is 20.8 Å². The molecule has 0 radical (unpaired) electrons. The molecule has 0 saturated heterocycles. The molecule has 0 aromatic heterocycles. The second kappa shape index (κ2) is 7.79. The summed E-state index contributed by atoms with van der Waals surface area (Å²) in [6.07, 6.45) is -8.83. The van der Waals surface area contributed by atoms with Crippen molar-refractivity contribution in [2.45, 2.75) is 44.9 Å². The second-order valence-corrected chi connectivity index (χ2v) is 6.24. The number of anilines is 1. The molecule has 0 aliphatic rings. The summed E-state index contributed by atoms with van der Waals surface area (Å²) in [6.45, 7) is 4.56. The second-order valence-electron chi connectivity index (χ2n) is 6.24. The molecule has 0 spiro atoms. The van der Waals surface area contributed by atoms with Gasteiger partial charge in [-0.25, -0.2) is 4.79 Å². The highest BCUT2D eigenvalue weighted by molar-refractivity contribution is 5.67. The van der Waals surface area contributed by atoms with Crippen LogP contribution in [-0.2, 0) is 4.74 Å². The molecule has 2 unspecified atom stereocenters. The number of nitrogens with one attached hydrogen (secondary N) is 1. The Morgan fingerprint density at radius 2 is 1.88 bits per heavy atom. The number of hydrogen-bond donors (Lipinski definition) is 4. The third-order valence-electron chi connectivity index (χ3n) is 2.82. The minimum atomic E-state index is -4.95. The fourth-order valence-electron chi connectivity index (χ4n) is 1.78. The van der Waals surface area contributed by atoms with E-state index in [1.165, 1.54) is 6.07 Å². The first-order valence-corrected chi connectivity index (χ1v) is 7.26. The molecule has 0 fully saturated rings. The fraction of sp³-hybridized carbons (Fsp3) is 0.533. The molecular weight excluding hydrogens is 345 g/mol. The molecule has 1 amide bonds. The molecule has 0 bridgehead atoms. The Morgan fingerprint density at radius 1 is 1.28 bits per heavy atom. The van der Waals surface area contributed by atoms with Crippen molar-refractivity contribution in [2.24, 2.45) is 0 Å². The summed E-state index contributed by atoms with van der Waals surface area (Å²) >= 11 is 0. The molecule has 1 aromatic carbocycles. The summed E-state index contributed by atoms with van der Waals surface area (Å²) in [7, 11) is 0. The van der Waals surface area contributed by atoms with E-state index in [-0.39, 0.29) is 17.8 Å². The summed E-state index contributed by atoms with van der Waals surface area (Å²) < 4.78 is 45.6. The summed E-state index contributed by atoms with van der Waals surface area (Å²) in [5.74, 6) is -0.698. The number of alkyl carbamates (subject to hydrolysis) is 1. The zero-order valence-corrected chi connectivity index (χ0v) is 13.9. The minimum Gasteiger partial charge on any atom is -0.444 e. The summed E-state index contributed by atoms with van der Waals surface area (Å²) in [6, 6.07) is 3.21. The maximum Gasteiger partial charge on any atom is 0.573 e. The average Bonchev–Trinajstić information content (AvgIpc) is 2.43. The number of amides is 1. The maximum absolute atomic E-state index is 12.3. The molecule has 7 nitrogen and oxygen atoms in total. The molecule has 2 atom stereocenters. The van der Waals surface area contributed by atoms with E-state index in [1.807, 2.05) is 0 Å². The van der Waals surface area contributed by atoms with E-state index >= 15 is 0 Å². The first-order chi connectivity index (χ1) is 11.3. The van der Waals surface area contributed by atoms with Gasteiger partial charge in [-0.15, -0.1) is 13.2 Å². The van der Waals surface area contributed by atoms with Gasteiger partial charge in [0, 0.05) is 6.54 Å². The number of nitrogen functional groups attached to an aromatic ring is 1. The van der Waals surface area contributed by atoms with Crippen molar-refractivity contribution in [3.8, 4) is 5.75 Å². The predicted molar refractivity (Wildman–Crippen MR) is 82.7 cm³/mol. The molecule has 142 valence electrons. The number of rotatable bonds is 5. The standard InChI is InChI=1S/C15H21F3N2O5/c1-14(2,3)25-13(23)20-7-10(21)12(22)8-4-5-9(19)11(6-8)24-15(16,17)18/h4-6,10,12,21-22H,7,19H2,1-3H3,(H,20,23). The van der Waals surface area contributed by atoms with Crippen molar-refractivity contribution in [1.82, 2.24) is 5.32 Å². The molecule has 0 aliphatic heterocycles.